The average molecular weight is 170 g/mol. The first-order chi connectivity index (χ1) is 5.22. The van der Waals surface area contributed by atoms with E-state index in [1.807, 2.05) is 20.5 Å². The van der Waals surface area contributed by atoms with Crippen LogP contribution in [-0.2, 0) is 0 Å². The molecule has 0 aliphatic carbocycles. The van der Waals surface area contributed by atoms with Crippen LogP contribution in [0.2, 0.25) is 0 Å². The predicted octanol–water partition coefficient (Wildman–Crippen LogP) is 1.12. The monoisotopic (exact) mass is 170 g/mol. The van der Waals surface area contributed by atoms with E-state index in [0.717, 1.165) is 11.6 Å². The topological polar surface area (TPSA) is 50.7 Å². The van der Waals surface area contributed by atoms with Crippen molar-refractivity contribution >= 4 is 14.7 Å². The van der Waals surface area contributed by atoms with Crippen molar-refractivity contribution in [3.63, 3.8) is 0 Å². The second-order valence-corrected chi connectivity index (χ2v) is 2.88. The van der Waals surface area contributed by atoms with Crippen LogP contribution in [0.5, 0.6) is 0 Å². The number of hydrogen-bond donors (Lipinski definition) is 1. The van der Waals surface area contributed by atoms with E-state index in [1.165, 1.54) is 0 Å². The lowest BCUT2D eigenvalue weighted by Crippen LogP contribution is -1.99. The fourth-order valence-electron chi connectivity index (χ4n) is 0.783. The van der Waals surface area contributed by atoms with Crippen molar-refractivity contribution in [2.24, 2.45) is 0 Å². The van der Waals surface area contributed by atoms with Crippen LogP contribution in [-0.4, -0.2) is 21.6 Å². The number of rotatable bonds is 2. The van der Waals surface area contributed by atoms with E-state index in [9.17, 15) is 0 Å². The Balaban J connectivity index is 2.89. The number of nitrogens with zero attached hydrogens (tertiary/aromatic N) is 3. The SMILES string of the molecule is CPNc1nc(C)nc(C)n1. The fraction of sp³-hybridized carbons (Fsp3) is 0.500. The molecule has 0 saturated carbocycles. The average Bonchev–Trinajstić information content (AvgIpc) is 1.85. The van der Waals surface area contributed by atoms with E-state index >= 15 is 0 Å². The Labute approximate surface area is 67.7 Å². The maximum atomic E-state index is 4.10. The summed E-state index contributed by atoms with van der Waals surface area (Å²) in [6, 6.07) is 0. The van der Waals surface area contributed by atoms with E-state index in [1.54, 1.807) is 0 Å². The molecule has 0 spiro atoms. The van der Waals surface area contributed by atoms with Crippen LogP contribution < -0.4 is 5.09 Å². The first-order valence-electron chi connectivity index (χ1n) is 3.34. The summed E-state index contributed by atoms with van der Waals surface area (Å²) >= 11 is 0. The van der Waals surface area contributed by atoms with Gasteiger partial charge in [0.15, 0.2) is 0 Å². The molecule has 4 nitrogen and oxygen atoms in total. The van der Waals surface area contributed by atoms with Gasteiger partial charge in [-0.3, -0.25) is 0 Å². The van der Waals surface area contributed by atoms with Gasteiger partial charge in [0, 0.05) is 0 Å². The number of aryl methyl sites for hydroxylation is 2. The van der Waals surface area contributed by atoms with Crippen LogP contribution in [0.25, 0.3) is 0 Å². The molecule has 1 aromatic heterocycles. The third-order valence-electron chi connectivity index (χ3n) is 1.10. The summed E-state index contributed by atoms with van der Waals surface area (Å²) in [5, 5.41) is 3.05. The molecule has 1 N–H and O–H groups in total. The number of hydrogen-bond acceptors (Lipinski definition) is 4. The Morgan fingerprint density at radius 1 is 1.09 bits per heavy atom. The highest BCUT2D eigenvalue weighted by molar-refractivity contribution is 7.38. The quantitative estimate of drug-likeness (QED) is 0.676. The minimum absolute atomic E-state index is 0.625. The zero-order valence-corrected chi connectivity index (χ0v) is 7.84. The van der Waals surface area contributed by atoms with Gasteiger partial charge in [0.25, 0.3) is 0 Å². The van der Waals surface area contributed by atoms with Crippen LogP contribution in [0, 0.1) is 13.8 Å². The first kappa shape index (κ1) is 8.34. The normalized spacial score (nSPS) is 10.8. The largest absolute Gasteiger partial charge is 0.336 e. The maximum Gasteiger partial charge on any atom is 0.229 e. The molecule has 0 aliphatic heterocycles. The molecule has 60 valence electrons. The number of aromatic nitrogens is 3. The van der Waals surface area contributed by atoms with Gasteiger partial charge in [-0.2, -0.15) is 9.97 Å². The Hall–Kier alpha value is -0.760. The van der Waals surface area contributed by atoms with Crippen molar-refractivity contribution in [3.05, 3.63) is 11.6 Å². The lowest BCUT2D eigenvalue weighted by atomic mass is 10.6. The highest BCUT2D eigenvalue weighted by Crippen LogP contribution is 2.07. The molecule has 0 saturated heterocycles. The maximum absolute atomic E-state index is 4.10. The highest BCUT2D eigenvalue weighted by Gasteiger charge is 1.96. The predicted molar refractivity (Wildman–Crippen MR) is 47.2 cm³/mol. The molecule has 1 atom stereocenters. The molecule has 0 fully saturated rings. The van der Waals surface area contributed by atoms with Gasteiger partial charge >= 0.3 is 0 Å². The Kier molecular flexibility index (Phi) is 2.71. The van der Waals surface area contributed by atoms with E-state index in [0.29, 0.717) is 14.7 Å². The molecule has 11 heavy (non-hydrogen) atoms. The molecule has 0 bridgehead atoms. The van der Waals surface area contributed by atoms with E-state index in [4.69, 9.17) is 0 Å². The third kappa shape index (κ3) is 2.39. The summed E-state index contributed by atoms with van der Waals surface area (Å²) in [4.78, 5) is 12.3. The minimum atomic E-state index is 0.625. The molecular weight excluding hydrogens is 159 g/mol. The van der Waals surface area contributed by atoms with Crippen LogP contribution >= 0.6 is 8.73 Å². The molecule has 0 amide bonds. The summed E-state index contributed by atoms with van der Waals surface area (Å²) in [6.07, 6.45) is 0. The van der Waals surface area contributed by atoms with Gasteiger partial charge in [-0.1, -0.05) is 0 Å². The lowest BCUT2D eigenvalue weighted by Gasteiger charge is -2.01. The van der Waals surface area contributed by atoms with E-state index in [-0.39, 0.29) is 0 Å². The molecule has 0 aromatic carbocycles. The van der Waals surface area contributed by atoms with Crippen molar-refractivity contribution in [3.8, 4) is 0 Å². The Morgan fingerprint density at radius 2 is 1.64 bits per heavy atom. The molecular formula is C6H11N4P. The molecule has 0 aliphatic rings. The standard InChI is InChI=1S/C6H11N4P/c1-4-7-5(2)9-6(8-4)10-11-3/h11H,1-3H3,(H,7,8,9,10). The van der Waals surface area contributed by atoms with Gasteiger partial charge in [0.2, 0.25) is 5.95 Å². The molecule has 1 aromatic rings. The van der Waals surface area contributed by atoms with E-state index < -0.39 is 0 Å². The first-order valence-corrected chi connectivity index (χ1v) is 4.84. The lowest BCUT2D eigenvalue weighted by molar-refractivity contribution is 0.932. The van der Waals surface area contributed by atoms with Gasteiger partial charge < -0.3 is 5.09 Å². The number of anilines is 1. The second-order valence-electron chi connectivity index (χ2n) is 2.13. The van der Waals surface area contributed by atoms with Crippen molar-refractivity contribution in [1.82, 2.24) is 15.0 Å². The van der Waals surface area contributed by atoms with Crippen molar-refractivity contribution < 1.29 is 0 Å². The molecule has 0 radical (unpaired) electrons. The summed E-state index contributed by atoms with van der Waals surface area (Å²) in [6.45, 7) is 5.76. The van der Waals surface area contributed by atoms with Crippen molar-refractivity contribution in [2.75, 3.05) is 11.8 Å². The number of nitrogens with one attached hydrogen (secondary N) is 1. The fourth-order valence-corrected chi connectivity index (χ4v) is 1.12. The van der Waals surface area contributed by atoms with Crippen LogP contribution in [0.3, 0.4) is 0 Å². The van der Waals surface area contributed by atoms with Crippen molar-refractivity contribution in [1.29, 1.82) is 0 Å². The van der Waals surface area contributed by atoms with Gasteiger partial charge in [-0.25, -0.2) is 4.98 Å². The smallest absolute Gasteiger partial charge is 0.229 e. The van der Waals surface area contributed by atoms with Crippen LogP contribution in [0.4, 0.5) is 5.95 Å². The van der Waals surface area contributed by atoms with Gasteiger partial charge in [-0.15, -0.1) is 0 Å². The molecule has 5 heteroatoms. The zero-order chi connectivity index (χ0) is 8.27. The molecule has 1 rings (SSSR count). The second kappa shape index (κ2) is 3.58. The summed E-state index contributed by atoms with van der Waals surface area (Å²) in [7, 11) is 0.625. The molecule has 1 unspecified atom stereocenters. The minimum Gasteiger partial charge on any atom is -0.336 e. The third-order valence-corrected chi connectivity index (χ3v) is 1.57. The van der Waals surface area contributed by atoms with Crippen LogP contribution in [0.15, 0.2) is 0 Å². The molecule has 1 heterocycles. The Bertz CT molecular complexity index is 230. The van der Waals surface area contributed by atoms with Gasteiger partial charge in [-0.05, 0) is 29.2 Å². The summed E-state index contributed by atoms with van der Waals surface area (Å²) < 4.78 is 0. The van der Waals surface area contributed by atoms with Crippen LogP contribution in [0.1, 0.15) is 11.6 Å². The van der Waals surface area contributed by atoms with Gasteiger partial charge in [0.05, 0.1) is 0 Å². The summed E-state index contributed by atoms with van der Waals surface area (Å²) in [5.74, 6) is 2.20. The Morgan fingerprint density at radius 3 is 2.09 bits per heavy atom. The van der Waals surface area contributed by atoms with Crippen molar-refractivity contribution in [2.45, 2.75) is 13.8 Å². The zero-order valence-electron chi connectivity index (χ0n) is 6.84. The van der Waals surface area contributed by atoms with Gasteiger partial charge in [0.1, 0.15) is 11.6 Å². The van der Waals surface area contributed by atoms with E-state index in [2.05, 4.69) is 20.0 Å². The summed E-state index contributed by atoms with van der Waals surface area (Å²) in [5.41, 5.74) is 0. The highest BCUT2D eigenvalue weighted by atomic mass is 31.1.